The Morgan fingerprint density at radius 3 is 2.37 bits per heavy atom. The first kappa shape index (κ1) is 14.6. The fraction of sp³-hybridized carbons (Fsp3) is 0.917. The molecule has 2 aliphatic heterocycles. The van der Waals surface area contributed by atoms with Crippen LogP contribution in [0.2, 0.25) is 0 Å². The Hall–Kier alpha value is -0.820. The predicted octanol–water partition coefficient (Wildman–Crippen LogP) is -0.138. The van der Waals surface area contributed by atoms with Gasteiger partial charge in [-0.1, -0.05) is 0 Å². The molecule has 3 N–H and O–H groups in total. The molecule has 2 fully saturated rings. The van der Waals surface area contributed by atoms with Gasteiger partial charge in [-0.3, -0.25) is 0 Å². The van der Waals surface area contributed by atoms with E-state index in [1.54, 1.807) is 0 Å². The number of nitrogens with one attached hydrogen (secondary N) is 3. The SMILES string of the molecule is O=C(NCC1CCS(=O)(=O)CC1)NC1CCNCC1. The summed E-state index contributed by atoms with van der Waals surface area (Å²) >= 11 is 0. The number of carbonyl (C=O) groups is 1. The molecule has 0 radical (unpaired) electrons. The van der Waals surface area contributed by atoms with E-state index in [1.807, 2.05) is 0 Å². The summed E-state index contributed by atoms with van der Waals surface area (Å²) in [7, 11) is -2.81. The summed E-state index contributed by atoms with van der Waals surface area (Å²) in [5.41, 5.74) is 0. The Morgan fingerprint density at radius 1 is 1.11 bits per heavy atom. The van der Waals surface area contributed by atoms with E-state index in [1.165, 1.54) is 0 Å². The van der Waals surface area contributed by atoms with Gasteiger partial charge in [-0.25, -0.2) is 13.2 Å². The molecule has 19 heavy (non-hydrogen) atoms. The van der Waals surface area contributed by atoms with Gasteiger partial charge in [-0.2, -0.15) is 0 Å². The Labute approximate surface area is 114 Å². The molecule has 0 aromatic rings. The zero-order valence-electron chi connectivity index (χ0n) is 11.2. The molecule has 2 amide bonds. The van der Waals surface area contributed by atoms with Crippen molar-refractivity contribution >= 4 is 15.9 Å². The smallest absolute Gasteiger partial charge is 0.315 e. The second-order valence-electron chi connectivity index (χ2n) is 5.47. The number of rotatable bonds is 3. The van der Waals surface area contributed by atoms with Gasteiger partial charge in [-0.15, -0.1) is 0 Å². The number of amides is 2. The van der Waals surface area contributed by atoms with E-state index in [-0.39, 0.29) is 23.6 Å². The average molecular weight is 289 g/mol. The van der Waals surface area contributed by atoms with E-state index in [0.29, 0.717) is 25.3 Å². The maximum Gasteiger partial charge on any atom is 0.315 e. The minimum atomic E-state index is -2.81. The molecule has 0 atom stereocenters. The maximum absolute atomic E-state index is 11.7. The largest absolute Gasteiger partial charge is 0.338 e. The Balaban J connectivity index is 1.63. The molecule has 0 aliphatic carbocycles. The Morgan fingerprint density at radius 2 is 1.74 bits per heavy atom. The molecule has 110 valence electrons. The van der Waals surface area contributed by atoms with Gasteiger partial charge in [0.25, 0.3) is 0 Å². The third-order valence-electron chi connectivity index (χ3n) is 3.90. The lowest BCUT2D eigenvalue weighted by Crippen LogP contribution is -2.48. The van der Waals surface area contributed by atoms with Gasteiger partial charge in [0.05, 0.1) is 11.5 Å². The first-order valence-electron chi connectivity index (χ1n) is 7.01. The summed E-state index contributed by atoms with van der Waals surface area (Å²) in [5.74, 6) is 0.812. The van der Waals surface area contributed by atoms with Gasteiger partial charge in [0.1, 0.15) is 9.84 Å². The average Bonchev–Trinajstić information content (AvgIpc) is 2.39. The molecular formula is C12H23N3O3S. The highest BCUT2D eigenvalue weighted by Gasteiger charge is 2.24. The predicted molar refractivity (Wildman–Crippen MR) is 73.8 cm³/mol. The maximum atomic E-state index is 11.7. The molecule has 0 saturated carbocycles. The molecule has 2 saturated heterocycles. The summed E-state index contributed by atoms with van der Waals surface area (Å²) in [6.07, 6.45) is 3.26. The van der Waals surface area contributed by atoms with Crippen LogP contribution in [0.5, 0.6) is 0 Å². The second-order valence-corrected chi connectivity index (χ2v) is 7.78. The summed E-state index contributed by atoms with van der Waals surface area (Å²) in [4.78, 5) is 11.7. The van der Waals surface area contributed by atoms with Crippen LogP contribution in [0, 0.1) is 5.92 Å². The van der Waals surface area contributed by atoms with Crippen LogP contribution in [0.15, 0.2) is 0 Å². The Bertz CT molecular complexity index is 390. The lowest BCUT2D eigenvalue weighted by molar-refractivity contribution is 0.231. The van der Waals surface area contributed by atoms with Gasteiger partial charge < -0.3 is 16.0 Å². The van der Waals surface area contributed by atoms with E-state index in [0.717, 1.165) is 25.9 Å². The van der Waals surface area contributed by atoms with Crippen molar-refractivity contribution in [3.8, 4) is 0 Å². The third kappa shape index (κ3) is 4.99. The van der Waals surface area contributed by atoms with Crippen LogP contribution < -0.4 is 16.0 Å². The van der Waals surface area contributed by atoms with Crippen molar-refractivity contribution in [1.82, 2.24) is 16.0 Å². The molecular weight excluding hydrogens is 266 g/mol. The van der Waals surface area contributed by atoms with Crippen LogP contribution in [0.3, 0.4) is 0 Å². The van der Waals surface area contributed by atoms with Crippen LogP contribution >= 0.6 is 0 Å². The molecule has 0 unspecified atom stereocenters. The van der Waals surface area contributed by atoms with Gasteiger partial charge in [0.2, 0.25) is 0 Å². The monoisotopic (exact) mass is 289 g/mol. The summed E-state index contributed by atoms with van der Waals surface area (Å²) < 4.78 is 22.6. The molecule has 6 nitrogen and oxygen atoms in total. The quantitative estimate of drug-likeness (QED) is 0.675. The van der Waals surface area contributed by atoms with Crippen molar-refractivity contribution in [2.45, 2.75) is 31.7 Å². The normalized spacial score (nSPS) is 24.8. The van der Waals surface area contributed by atoms with Crippen LogP contribution in [-0.2, 0) is 9.84 Å². The summed E-state index contributed by atoms with van der Waals surface area (Å²) in [6.45, 7) is 2.48. The van der Waals surface area contributed by atoms with Gasteiger partial charge >= 0.3 is 6.03 Å². The molecule has 2 heterocycles. The third-order valence-corrected chi connectivity index (χ3v) is 5.62. The lowest BCUT2D eigenvalue weighted by Gasteiger charge is -2.25. The summed E-state index contributed by atoms with van der Waals surface area (Å²) in [5, 5.41) is 9.08. The van der Waals surface area contributed by atoms with Crippen molar-refractivity contribution < 1.29 is 13.2 Å². The molecule has 2 rings (SSSR count). The number of urea groups is 1. The molecule has 2 aliphatic rings. The van der Waals surface area contributed by atoms with Crippen LogP contribution in [0.25, 0.3) is 0 Å². The highest BCUT2D eigenvalue weighted by Crippen LogP contribution is 2.17. The zero-order chi connectivity index (χ0) is 13.7. The lowest BCUT2D eigenvalue weighted by atomic mass is 10.0. The van der Waals surface area contributed by atoms with Gasteiger partial charge in [-0.05, 0) is 44.7 Å². The minimum Gasteiger partial charge on any atom is -0.338 e. The highest BCUT2D eigenvalue weighted by molar-refractivity contribution is 7.91. The van der Waals surface area contributed by atoms with Crippen molar-refractivity contribution in [2.75, 3.05) is 31.1 Å². The molecule has 0 bridgehead atoms. The van der Waals surface area contributed by atoms with Crippen molar-refractivity contribution in [3.05, 3.63) is 0 Å². The van der Waals surface area contributed by atoms with Gasteiger partial charge in [0, 0.05) is 12.6 Å². The van der Waals surface area contributed by atoms with E-state index < -0.39 is 9.84 Å². The van der Waals surface area contributed by atoms with Crippen LogP contribution in [0.4, 0.5) is 4.79 Å². The van der Waals surface area contributed by atoms with E-state index >= 15 is 0 Å². The minimum absolute atomic E-state index is 0.125. The van der Waals surface area contributed by atoms with E-state index in [4.69, 9.17) is 0 Å². The molecule has 7 heteroatoms. The standard InChI is InChI=1S/C12H23N3O3S/c16-12(15-11-1-5-13-6-2-11)14-9-10-3-7-19(17,18)8-4-10/h10-11,13H,1-9H2,(H2,14,15,16). The second kappa shape index (κ2) is 6.56. The first-order chi connectivity index (χ1) is 9.05. The van der Waals surface area contributed by atoms with E-state index in [2.05, 4.69) is 16.0 Å². The summed E-state index contributed by atoms with van der Waals surface area (Å²) in [6, 6.07) is 0.133. The van der Waals surface area contributed by atoms with Crippen molar-refractivity contribution in [3.63, 3.8) is 0 Å². The number of piperidine rings is 1. The molecule has 0 aromatic heterocycles. The fourth-order valence-corrected chi connectivity index (χ4v) is 4.17. The first-order valence-corrected chi connectivity index (χ1v) is 8.83. The van der Waals surface area contributed by atoms with Crippen molar-refractivity contribution in [1.29, 1.82) is 0 Å². The molecule has 0 aromatic carbocycles. The van der Waals surface area contributed by atoms with Crippen LogP contribution in [-0.4, -0.2) is 51.6 Å². The number of hydrogen-bond acceptors (Lipinski definition) is 4. The fourth-order valence-electron chi connectivity index (χ4n) is 2.58. The van der Waals surface area contributed by atoms with Crippen LogP contribution in [0.1, 0.15) is 25.7 Å². The topological polar surface area (TPSA) is 87.3 Å². The number of sulfone groups is 1. The van der Waals surface area contributed by atoms with Gasteiger partial charge in [0.15, 0.2) is 0 Å². The van der Waals surface area contributed by atoms with E-state index in [9.17, 15) is 13.2 Å². The Kier molecular flexibility index (Phi) is 5.04. The molecule has 0 spiro atoms. The highest BCUT2D eigenvalue weighted by atomic mass is 32.2. The number of carbonyl (C=O) groups excluding carboxylic acids is 1. The number of hydrogen-bond donors (Lipinski definition) is 3. The van der Waals surface area contributed by atoms with Crippen molar-refractivity contribution in [2.24, 2.45) is 5.92 Å². The zero-order valence-corrected chi connectivity index (χ0v) is 12.0.